The highest BCUT2D eigenvalue weighted by Gasteiger charge is 2.13. The van der Waals surface area contributed by atoms with Crippen LogP contribution in [0.5, 0.6) is 11.5 Å². The van der Waals surface area contributed by atoms with Crippen LogP contribution < -0.4 is 9.47 Å². The first kappa shape index (κ1) is 15.1. The monoisotopic (exact) mass is 284 g/mol. The van der Waals surface area contributed by atoms with E-state index in [1.807, 2.05) is 31.2 Å². The van der Waals surface area contributed by atoms with Gasteiger partial charge in [-0.3, -0.25) is 4.79 Å². The van der Waals surface area contributed by atoms with E-state index in [2.05, 4.69) is 6.92 Å². The molecule has 2 aromatic rings. The van der Waals surface area contributed by atoms with E-state index in [9.17, 15) is 4.79 Å². The average Bonchev–Trinajstić information content (AvgIpc) is 2.52. The number of hydrogen-bond acceptors (Lipinski definition) is 3. The molecule has 110 valence electrons. The van der Waals surface area contributed by atoms with Gasteiger partial charge in [-0.2, -0.15) is 0 Å². The van der Waals surface area contributed by atoms with Gasteiger partial charge in [-0.15, -0.1) is 0 Å². The topological polar surface area (TPSA) is 35.5 Å². The molecule has 3 nitrogen and oxygen atoms in total. The van der Waals surface area contributed by atoms with Crippen LogP contribution in [0.15, 0.2) is 42.5 Å². The van der Waals surface area contributed by atoms with E-state index in [0.717, 1.165) is 23.5 Å². The number of rotatable bonds is 6. The molecule has 0 spiro atoms. The fourth-order valence-electron chi connectivity index (χ4n) is 2.12. The Balaban J connectivity index is 2.27. The summed E-state index contributed by atoms with van der Waals surface area (Å²) in [6, 6.07) is 12.8. The quantitative estimate of drug-likeness (QED) is 0.751. The standard InChI is InChI=1S/C18H20O3/c1-4-10-21-16-7-5-6-14(12-16)18(19)17-9-8-15(20-3)11-13(17)2/h5-9,11-12H,4,10H2,1-3H3. The van der Waals surface area contributed by atoms with Gasteiger partial charge in [0.05, 0.1) is 13.7 Å². The Morgan fingerprint density at radius 3 is 2.57 bits per heavy atom. The lowest BCUT2D eigenvalue weighted by Crippen LogP contribution is -2.05. The summed E-state index contributed by atoms with van der Waals surface area (Å²) in [6.07, 6.45) is 0.940. The van der Waals surface area contributed by atoms with Gasteiger partial charge in [0, 0.05) is 11.1 Å². The maximum absolute atomic E-state index is 12.6. The van der Waals surface area contributed by atoms with E-state index < -0.39 is 0 Å². The molecule has 0 fully saturated rings. The molecule has 0 saturated heterocycles. The molecule has 21 heavy (non-hydrogen) atoms. The third-order valence-corrected chi connectivity index (χ3v) is 3.25. The number of ketones is 1. The van der Waals surface area contributed by atoms with Crippen molar-refractivity contribution in [1.82, 2.24) is 0 Å². The maximum atomic E-state index is 12.6. The van der Waals surface area contributed by atoms with E-state index >= 15 is 0 Å². The SMILES string of the molecule is CCCOc1cccc(C(=O)c2ccc(OC)cc2C)c1. The number of carbonyl (C=O) groups is 1. The number of aryl methyl sites for hydroxylation is 1. The van der Waals surface area contributed by atoms with Crippen LogP contribution in [-0.4, -0.2) is 19.5 Å². The first-order chi connectivity index (χ1) is 10.2. The van der Waals surface area contributed by atoms with Crippen LogP contribution in [0.4, 0.5) is 0 Å². The number of methoxy groups -OCH3 is 1. The zero-order valence-corrected chi connectivity index (χ0v) is 12.7. The highest BCUT2D eigenvalue weighted by Crippen LogP contribution is 2.22. The third-order valence-electron chi connectivity index (χ3n) is 3.25. The zero-order valence-electron chi connectivity index (χ0n) is 12.7. The molecule has 0 amide bonds. The van der Waals surface area contributed by atoms with E-state index in [0.29, 0.717) is 17.7 Å². The summed E-state index contributed by atoms with van der Waals surface area (Å²) in [5.74, 6) is 1.48. The van der Waals surface area contributed by atoms with Gasteiger partial charge in [0.15, 0.2) is 5.78 Å². The van der Waals surface area contributed by atoms with Crippen molar-refractivity contribution in [3.05, 3.63) is 59.2 Å². The largest absolute Gasteiger partial charge is 0.497 e. The second-order valence-electron chi connectivity index (χ2n) is 4.89. The summed E-state index contributed by atoms with van der Waals surface area (Å²) < 4.78 is 10.7. The van der Waals surface area contributed by atoms with Gasteiger partial charge in [0.1, 0.15) is 11.5 Å². The maximum Gasteiger partial charge on any atom is 0.193 e. The van der Waals surface area contributed by atoms with Gasteiger partial charge in [0.25, 0.3) is 0 Å². The molecule has 0 unspecified atom stereocenters. The van der Waals surface area contributed by atoms with Gasteiger partial charge in [-0.25, -0.2) is 0 Å². The minimum Gasteiger partial charge on any atom is -0.497 e. The lowest BCUT2D eigenvalue weighted by atomic mass is 9.99. The lowest BCUT2D eigenvalue weighted by molar-refractivity contribution is 0.103. The van der Waals surface area contributed by atoms with Gasteiger partial charge < -0.3 is 9.47 Å². The molecule has 0 bridgehead atoms. The van der Waals surface area contributed by atoms with Crippen LogP contribution in [0.3, 0.4) is 0 Å². The molecule has 0 N–H and O–H groups in total. The Morgan fingerprint density at radius 1 is 1.10 bits per heavy atom. The zero-order chi connectivity index (χ0) is 15.2. The predicted octanol–water partition coefficient (Wildman–Crippen LogP) is 4.02. The Kier molecular flexibility index (Phi) is 4.99. The van der Waals surface area contributed by atoms with Crippen LogP contribution in [0.2, 0.25) is 0 Å². The van der Waals surface area contributed by atoms with Crippen LogP contribution in [0, 0.1) is 6.92 Å². The molecule has 0 aliphatic carbocycles. The Bertz CT molecular complexity index is 632. The molecular weight excluding hydrogens is 264 g/mol. The summed E-state index contributed by atoms with van der Waals surface area (Å²) in [6.45, 7) is 4.61. The highest BCUT2D eigenvalue weighted by molar-refractivity contribution is 6.10. The molecule has 0 saturated carbocycles. The van der Waals surface area contributed by atoms with Crippen molar-refractivity contribution >= 4 is 5.78 Å². The van der Waals surface area contributed by atoms with Gasteiger partial charge >= 0.3 is 0 Å². The summed E-state index contributed by atoms with van der Waals surface area (Å²) in [5, 5.41) is 0. The molecule has 0 aromatic heterocycles. The van der Waals surface area contributed by atoms with E-state index in [1.165, 1.54) is 0 Å². The Labute approximate surface area is 125 Å². The van der Waals surface area contributed by atoms with Crippen LogP contribution in [0.1, 0.15) is 34.8 Å². The van der Waals surface area contributed by atoms with E-state index in [1.54, 1.807) is 25.3 Å². The van der Waals surface area contributed by atoms with Crippen LogP contribution in [-0.2, 0) is 0 Å². The molecular formula is C18H20O3. The molecule has 0 radical (unpaired) electrons. The molecule has 2 aromatic carbocycles. The normalized spacial score (nSPS) is 10.2. The summed E-state index contributed by atoms with van der Waals surface area (Å²) in [5.41, 5.74) is 2.22. The van der Waals surface area contributed by atoms with Gasteiger partial charge in [-0.05, 0) is 49.2 Å². The smallest absolute Gasteiger partial charge is 0.193 e. The second kappa shape index (κ2) is 6.93. The molecule has 2 rings (SSSR count). The number of ether oxygens (including phenoxy) is 2. The molecule has 3 heteroatoms. The minimum atomic E-state index is -0.00268. The van der Waals surface area contributed by atoms with Crippen molar-refractivity contribution in [2.75, 3.05) is 13.7 Å². The van der Waals surface area contributed by atoms with Crippen LogP contribution >= 0.6 is 0 Å². The first-order valence-corrected chi connectivity index (χ1v) is 7.08. The third kappa shape index (κ3) is 3.63. The Morgan fingerprint density at radius 2 is 1.90 bits per heavy atom. The number of benzene rings is 2. The second-order valence-corrected chi connectivity index (χ2v) is 4.89. The van der Waals surface area contributed by atoms with Crippen molar-refractivity contribution in [1.29, 1.82) is 0 Å². The average molecular weight is 284 g/mol. The molecule has 0 atom stereocenters. The highest BCUT2D eigenvalue weighted by atomic mass is 16.5. The number of hydrogen-bond donors (Lipinski definition) is 0. The van der Waals surface area contributed by atoms with Crippen LogP contribution in [0.25, 0.3) is 0 Å². The summed E-state index contributed by atoms with van der Waals surface area (Å²) in [7, 11) is 1.62. The fourth-order valence-corrected chi connectivity index (χ4v) is 2.12. The molecule has 0 aliphatic heterocycles. The van der Waals surface area contributed by atoms with Gasteiger partial charge in [-0.1, -0.05) is 19.1 Å². The fraction of sp³-hybridized carbons (Fsp3) is 0.278. The summed E-state index contributed by atoms with van der Waals surface area (Å²) >= 11 is 0. The minimum absolute atomic E-state index is 0.00268. The van der Waals surface area contributed by atoms with Crippen molar-refractivity contribution in [2.24, 2.45) is 0 Å². The summed E-state index contributed by atoms with van der Waals surface area (Å²) in [4.78, 5) is 12.6. The van der Waals surface area contributed by atoms with Crippen molar-refractivity contribution < 1.29 is 14.3 Å². The van der Waals surface area contributed by atoms with E-state index in [4.69, 9.17) is 9.47 Å². The number of carbonyl (C=O) groups excluding carboxylic acids is 1. The van der Waals surface area contributed by atoms with Crippen molar-refractivity contribution in [3.8, 4) is 11.5 Å². The molecule has 0 aliphatic rings. The lowest BCUT2D eigenvalue weighted by Gasteiger charge is -2.09. The van der Waals surface area contributed by atoms with Crippen molar-refractivity contribution in [2.45, 2.75) is 20.3 Å². The molecule has 0 heterocycles. The van der Waals surface area contributed by atoms with Crippen molar-refractivity contribution in [3.63, 3.8) is 0 Å². The predicted molar refractivity (Wildman–Crippen MR) is 83.4 cm³/mol. The van der Waals surface area contributed by atoms with Gasteiger partial charge in [0.2, 0.25) is 0 Å². The van der Waals surface area contributed by atoms with E-state index in [-0.39, 0.29) is 5.78 Å². The first-order valence-electron chi connectivity index (χ1n) is 7.08. The Hall–Kier alpha value is -2.29.